The van der Waals surface area contributed by atoms with Gasteiger partial charge in [-0.25, -0.2) is 18.3 Å². The van der Waals surface area contributed by atoms with E-state index in [9.17, 15) is 23.5 Å². The molecule has 3 aromatic rings. The van der Waals surface area contributed by atoms with Crippen LogP contribution in [0.5, 0.6) is 0 Å². The molecule has 0 spiro atoms. The largest absolute Gasteiger partial charge is 0.465 e. The van der Waals surface area contributed by atoms with E-state index in [2.05, 4.69) is 10.4 Å². The summed E-state index contributed by atoms with van der Waals surface area (Å²) in [6.45, 7) is 1.07. The molecule has 0 fully saturated rings. The third-order valence-electron chi connectivity index (χ3n) is 4.62. The Balaban J connectivity index is 1.88. The second-order valence-electron chi connectivity index (χ2n) is 6.93. The van der Waals surface area contributed by atoms with Crippen LogP contribution in [0, 0.1) is 11.6 Å². The number of anilines is 1. The van der Waals surface area contributed by atoms with Crippen LogP contribution in [0.1, 0.15) is 12.0 Å². The summed E-state index contributed by atoms with van der Waals surface area (Å²) < 4.78 is 28.3. The van der Waals surface area contributed by atoms with Crippen LogP contribution < -0.4 is 15.8 Å². The molecule has 1 aromatic heterocycles. The second kappa shape index (κ2) is 9.94. The summed E-state index contributed by atoms with van der Waals surface area (Å²) in [5.74, 6) is -1.48. The number of nitrogens with one attached hydrogen (secondary N) is 1. The lowest BCUT2D eigenvalue weighted by Crippen LogP contribution is -2.32. The monoisotopic (exact) mass is 428 g/mol. The average Bonchev–Trinajstić information content (AvgIpc) is 2.72. The number of halogens is 2. The number of rotatable bonds is 8. The van der Waals surface area contributed by atoms with E-state index in [0.717, 1.165) is 18.2 Å². The lowest BCUT2D eigenvalue weighted by atomic mass is 10.1. The van der Waals surface area contributed by atoms with Crippen molar-refractivity contribution in [2.75, 3.05) is 25.0 Å². The van der Waals surface area contributed by atoms with Crippen molar-refractivity contribution in [2.24, 2.45) is 0 Å². The summed E-state index contributed by atoms with van der Waals surface area (Å²) in [6, 6.07) is 12.5. The fourth-order valence-corrected chi connectivity index (χ4v) is 3.16. The number of amides is 1. The Morgan fingerprint density at radius 1 is 1.13 bits per heavy atom. The van der Waals surface area contributed by atoms with Gasteiger partial charge in [-0.2, -0.15) is 5.10 Å². The highest BCUT2D eigenvalue weighted by molar-refractivity contribution is 5.86. The summed E-state index contributed by atoms with van der Waals surface area (Å²) in [4.78, 5) is 25.2. The molecule has 0 saturated heterocycles. The molecule has 2 N–H and O–H groups in total. The Labute approximate surface area is 177 Å². The zero-order valence-corrected chi connectivity index (χ0v) is 16.9. The number of carboxylic acid groups (broad SMARTS) is 1. The zero-order valence-electron chi connectivity index (χ0n) is 16.9. The van der Waals surface area contributed by atoms with Gasteiger partial charge in [0.25, 0.3) is 5.56 Å². The van der Waals surface area contributed by atoms with Gasteiger partial charge in [0.05, 0.1) is 12.2 Å². The topological polar surface area (TPSA) is 87.5 Å². The van der Waals surface area contributed by atoms with E-state index in [-0.39, 0.29) is 17.8 Å². The second-order valence-corrected chi connectivity index (χ2v) is 6.93. The third kappa shape index (κ3) is 5.73. The number of aromatic nitrogens is 2. The maximum absolute atomic E-state index is 13.5. The summed E-state index contributed by atoms with van der Waals surface area (Å²) in [7, 11) is 1.79. The first-order valence-corrected chi connectivity index (χ1v) is 9.66. The minimum absolute atomic E-state index is 0.0717. The first-order valence-electron chi connectivity index (χ1n) is 9.66. The third-order valence-corrected chi connectivity index (χ3v) is 4.62. The molecule has 0 saturated carbocycles. The van der Waals surface area contributed by atoms with Gasteiger partial charge in [0.1, 0.15) is 11.6 Å². The summed E-state index contributed by atoms with van der Waals surface area (Å²) in [5.41, 5.74) is 1.21. The predicted octanol–water partition coefficient (Wildman–Crippen LogP) is 3.33. The van der Waals surface area contributed by atoms with Gasteiger partial charge in [0.15, 0.2) is 0 Å². The lowest BCUT2D eigenvalue weighted by Gasteiger charge is -2.20. The molecule has 0 aliphatic carbocycles. The average molecular weight is 428 g/mol. The molecule has 3 rings (SSSR count). The molecule has 1 heterocycles. The molecule has 9 heteroatoms. The Kier molecular flexibility index (Phi) is 7.09. The standard InChI is InChI=1S/C22H22F2N4O3/c1-25-8-3-9-27(22(30)31)19-5-2-4-15(10-19)14-28-21(29)7-6-20(26-28)16-11-17(23)13-18(24)12-16/h2,4-7,10-13,25H,3,8-9,14H2,1H3,(H,30,31). The Bertz CT molecular complexity index is 1110. The maximum atomic E-state index is 13.5. The molecule has 7 nitrogen and oxygen atoms in total. The van der Waals surface area contributed by atoms with Crippen molar-refractivity contribution >= 4 is 11.8 Å². The van der Waals surface area contributed by atoms with Crippen molar-refractivity contribution < 1.29 is 18.7 Å². The molecular weight excluding hydrogens is 406 g/mol. The fourth-order valence-electron chi connectivity index (χ4n) is 3.16. The molecule has 2 aromatic carbocycles. The summed E-state index contributed by atoms with van der Waals surface area (Å²) in [6.07, 6.45) is -0.432. The van der Waals surface area contributed by atoms with Crippen LogP contribution in [0.25, 0.3) is 11.3 Å². The molecule has 31 heavy (non-hydrogen) atoms. The number of benzene rings is 2. The Hall–Kier alpha value is -3.59. The van der Waals surface area contributed by atoms with Gasteiger partial charge in [-0.15, -0.1) is 0 Å². The van der Waals surface area contributed by atoms with E-state index >= 15 is 0 Å². The minimum Gasteiger partial charge on any atom is -0.465 e. The predicted molar refractivity (Wildman–Crippen MR) is 113 cm³/mol. The number of hydrogen-bond donors (Lipinski definition) is 2. The zero-order chi connectivity index (χ0) is 22.4. The van der Waals surface area contributed by atoms with E-state index in [4.69, 9.17) is 0 Å². The van der Waals surface area contributed by atoms with Crippen LogP contribution in [0.15, 0.2) is 59.4 Å². The number of nitrogens with zero attached hydrogens (tertiary/aromatic N) is 3. The van der Waals surface area contributed by atoms with E-state index in [1.54, 1.807) is 31.3 Å². The molecule has 0 aliphatic heterocycles. The van der Waals surface area contributed by atoms with Crippen molar-refractivity contribution in [3.05, 3.63) is 82.1 Å². The van der Waals surface area contributed by atoms with Gasteiger partial charge in [0, 0.05) is 29.9 Å². The van der Waals surface area contributed by atoms with E-state index in [1.165, 1.54) is 21.7 Å². The van der Waals surface area contributed by atoms with E-state index < -0.39 is 23.3 Å². The van der Waals surface area contributed by atoms with Gasteiger partial charge >= 0.3 is 6.09 Å². The molecule has 0 aliphatic rings. The van der Waals surface area contributed by atoms with Crippen molar-refractivity contribution in [2.45, 2.75) is 13.0 Å². The van der Waals surface area contributed by atoms with Gasteiger partial charge in [-0.3, -0.25) is 9.69 Å². The highest BCUT2D eigenvalue weighted by Gasteiger charge is 2.14. The minimum atomic E-state index is -1.07. The molecular formula is C22H22F2N4O3. The number of carbonyl (C=O) groups is 1. The van der Waals surface area contributed by atoms with Gasteiger partial charge in [-0.1, -0.05) is 12.1 Å². The van der Waals surface area contributed by atoms with Crippen molar-refractivity contribution in [3.63, 3.8) is 0 Å². The first-order chi connectivity index (χ1) is 14.9. The normalized spacial score (nSPS) is 10.8. The van der Waals surface area contributed by atoms with Crippen LogP contribution in [0.3, 0.4) is 0 Å². The van der Waals surface area contributed by atoms with E-state index in [0.29, 0.717) is 30.8 Å². The summed E-state index contributed by atoms with van der Waals surface area (Å²) >= 11 is 0. The van der Waals surface area contributed by atoms with Crippen molar-refractivity contribution in [1.29, 1.82) is 0 Å². The number of hydrogen-bond acceptors (Lipinski definition) is 4. The maximum Gasteiger partial charge on any atom is 0.411 e. The van der Waals surface area contributed by atoms with Crippen LogP contribution in [-0.2, 0) is 6.54 Å². The lowest BCUT2D eigenvalue weighted by molar-refractivity contribution is 0.201. The van der Waals surface area contributed by atoms with Gasteiger partial charge < -0.3 is 10.4 Å². The summed E-state index contributed by atoms with van der Waals surface area (Å²) in [5, 5.41) is 16.7. The van der Waals surface area contributed by atoms with Crippen molar-refractivity contribution in [1.82, 2.24) is 15.1 Å². The highest BCUT2D eigenvalue weighted by atomic mass is 19.1. The van der Waals surface area contributed by atoms with Gasteiger partial charge in [-0.05, 0) is 55.9 Å². The SMILES string of the molecule is CNCCCN(C(=O)O)c1cccc(Cn2nc(-c3cc(F)cc(F)c3)ccc2=O)c1. The molecule has 162 valence electrons. The fraction of sp³-hybridized carbons (Fsp3) is 0.227. The van der Waals surface area contributed by atoms with Crippen LogP contribution >= 0.6 is 0 Å². The van der Waals surface area contributed by atoms with E-state index in [1.807, 2.05) is 0 Å². The molecule has 1 amide bonds. The van der Waals surface area contributed by atoms with Crippen LogP contribution in [0.2, 0.25) is 0 Å². The molecule has 0 radical (unpaired) electrons. The molecule has 0 bridgehead atoms. The van der Waals surface area contributed by atoms with Crippen LogP contribution in [-0.4, -0.2) is 41.1 Å². The smallest absolute Gasteiger partial charge is 0.411 e. The molecule has 0 atom stereocenters. The molecule has 0 unspecified atom stereocenters. The Morgan fingerprint density at radius 2 is 1.87 bits per heavy atom. The highest BCUT2D eigenvalue weighted by Crippen LogP contribution is 2.20. The quantitative estimate of drug-likeness (QED) is 0.538. The van der Waals surface area contributed by atoms with Crippen LogP contribution in [0.4, 0.5) is 19.3 Å². The van der Waals surface area contributed by atoms with Crippen molar-refractivity contribution in [3.8, 4) is 11.3 Å². The first kappa shape index (κ1) is 22.1. The Morgan fingerprint density at radius 3 is 2.55 bits per heavy atom. The van der Waals surface area contributed by atoms with Gasteiger partial charge in [0.2, 0.25) is 0 Å².